The quantitative estimate of drug-likeness (QED) is 0.504. The van der Waals surface area contributed by atoms with E-state index in [2.05, 4.69) is 9.97 Å². The number of ether oxygens (including phenoxy) is 1. The Kier molecular flexibility index (Phi) is 4.49. The summed E-state index contributed by atoms with van der Waals surface area (Å²) in [7, 11) is 1.66. The third-order valence-corrected chi connectivity index (χ3v) is 4.28. The van der Waals surface area contributed by atoms with Crippen molar-refractivity contribution in [2.75, 3.05) is 7.11 Å². The first-order valence-corrected chi connectivity index (χ1v) is 8.50. The van der Waals surface area contributed by atoms with Crippen LogP contribution in [-0.2, 0) is 0 Å². The summed E-state index contributed by atoms with van der Waals surface area (Å²) in [5, 5.41) is 0. The molecule has 2 aromatic carbocycles. The predicted molar refractivity (Wildman–Crippen MR) is 103 cm³/mol. The van der Waals surface area contributed by atoms with Crippen LogP contribution in [0.2, 0.25) is 0 Å². The molecule has 4 rings (SSSR count). The molecule has 27 heavy (non-hydrogen) atoms. The number of nitrogens with zero attached hydrogens (tertiary/aromatic N) is 3. The van der Waals surface area contributed by atoms with Crippen LogP contribution in [0.3, 0.4) is 0 Å². The fraction of sp³-hybridized carbons (Fsp3) is 0.0455. The van der Waals surface area contributed by atoms with Crippen molar-refractivity contribution in [3.63, 3.8) is 0 Å². The van der Waals surface area contributed by atoms with E-state index in [-0.39, 0.29) is 5.78 Å². The molecular formula is C22H17N3O2. The van der Waals surface area contributed by atoms with Gasteiger partial charge >= 0.3 is 0 Å². The van der Waals surface area contributed by atoms with Crippen molar-refractivity contribution in [1.82, 2.24) is 14.5 Å². The number of rotatable bonds is 5. The van der Waals surface area contributed by atoms with E-state index >= 15 is 0 Å². The molecule has 0 saturated carbocycles. The lowest BCUT2D eigenvalue weighted by molar-refractivity contribution is 0.103. The lowest BCUT2D eigenvalue weighted by Crippen LogP contribution is -2.03. The third-order valence-electron chi connectivity index (χ3n) is 4.28. The Morgan fingerprint density at radius 2 is 1.78 bits per heavy atom. The minimum atomic E-state index is -0.199. The molecule has 5 nitrogen and oxygen atoms in total. The van der Waals surface area contributed by atoms with Gasteiger partial charge in [-0.1, -0.05) is 36.4 Å². The van der Waals surface area contributed by atoms with E-state index in [4.69, 9.17) is 4.74 Å². The summed E-state index contributed by atoms with van der Waals surface area (Å²) < 4.78 is 7.29. The van der Waals surface area contributed by atoms with Gasteiger partial charge in [-0.05, 0) is 35.9 Å². The lowest BCUT2D eigenvalue weighted by atomic mass is 10.0. The highest BCUT2D eigenvalue weighted by atomic mass is 16.5. The summed E-state index contributed by atoms with van der Waals surface area (Å²) >= 11 is 0. The molecular weight excluding hydrogens is 338 g/mol. The number of carbonyl (C=O) groups is 1. The largest absolute Gasteiger partial charge is 0.496 e. The van der Waals surface area contributed by atoms with Crippen LogP contribution in [0, 0.1) is 0 Å². The molecule has 2 heterocycles. The van der Waals surface area contributed by atoms with Gasteiger partial charge < -0.3 is 9.30 Å². The summed E-state index contributed by atoms with van der Waals surface area (Å²) in [6.45, 7) is 0. The number of hydrogen-bond donors (Lipinski definition) is 0. The second-order valence-corrected chi connectivity index (χ2v) is 5.96. The minimum Gasteiger partial charge on any atom is -0.496 e. The van der Waals surface area contributed by atoms with Gasteiger partial charge in [-0.25, -0.2) is 4.98 Å². The summed E-state index contributed by atoms with van der Waals surface area (Å²) in [5.41, 5.74) is 3.68. The summed E-state index contributed by atoms with van der Waals surface area (Å²) in [6.07, 6.45) is 4.96. The maximum absolute atomic E-state index is 12.5. The number of methoxy groups -OCH3 is 1. The van der Waals surface area contributed by atoms with E-state index in [1.165, 1.54) is 0 Å². The molecule has 0 unspecified atom stereocenters. The molecule has 0 aliphatic rings. The molecule has 0 aliphatic carbocycles. The van der Waals surface area contributed by atoms with Crippen LogP contribution < -0.4 is 4.74 Å². The van der Waals surface area contributed by atoms with Crippen molar-refractivity contribution in [2.45, 2.75) is 0 Å². The number of aromatic nitrogens is 3. The zero-order chi connectivity index (χ0) is 18.6. The van der Waals surface area contributed by atoms with Crippen LogP contribution in [0.15, 0.2) is 85.5 Å². The van der Waals surface area contributed by atoms with Crippen LogP contribution in [-0.4, -0.2) is 27.4 Å². The van der Waals surface area contributed by atoms with Crippen LogP contribution in [0.25, 0.3) is 16.8 Å². The number of imidazole rings is 1. The Labute approximate surface area is 156 Å². The highest BCUT2D eigenvalue weighted by Gasteiger charge is 2.14. The lowest BCUT2D eigenvalue weighted by Gasteiger charge is -2.10. The van der Waals surface area contributed by atoms with Gasteiger partial charge in [-0.2, -0.15) is 0 Å². The van der Waals surface area contributed by atoms with Crippen LogP contribution >= 0.6 is 0 Å². The number of para-hydroxylation sites is 1. The van der Waals surface area contributed by atoms with Crippen molar-refractivity contribution < 1.29 is 9.53 Å². The van der Waals surface area contributed by atoms with Crippen molar-refractivity contribution in [2.24, 2.45) is 0 Å². The Bertz CT molecular complexity index is 1090. The van der Waals surface area contributed by atoms with E-state index in [0.29, 0.717) is 11.4 Å². The predicted octanol–water partition coefficient (Wildman–Crippen LogP) is 4.17. The van der Waals surface area contributed by atoms with Gasteiger partial charge in [0.2, 0.25) is 5.78 Å². The fourth-order valence-electron chi connectivity index (χ4n) is 2.93. The van der Waals surface area contributed by atoms with E-state index in [1.54, 1.807) is 44.0 Å². The topological polar surface area (TPSA) is 57.0 Å². The Morgan fingerprint density at radius 3 is 2.59 bits per heavy atom. The molecule has 132 valence electrons. The maximum atomic E-state index is 12.5. The van der Waals surface area contributed by atoms with Crippen molar-refractivity contribution in [1.29, 1.82) is 0 Å². The van der Waals surface area contributed by atoms with E-state index in [1.807, 2.05) is 53.1 Å². The molecule has 2 aromatic heterocycles. The van der Waals surface area contributed by atoms with Crippen molar-refractivity contribution >= 4 is 5.78 Å². The van der Waals surface area contributed by atoms with Gasteiger partial charge in [0.05, 0.1) is 7.11 Å². The first kappa shape index (κ1) is 16.7. The first-order chi connectivity index (χ1) is 13.3. The van der Waals surface area contributed by atoms with E-state index in [9.17, 15) is 4.79 Å². The van der Waals surface area contributed by atoms with Gasteiger partial charge in [0.15, 0.2) is 0 Å². The summed E-state index contributed by atoms with van der Waals surface area (Å²) in [4.78, 5) is 20.9. The highest BCUT2D eigenvalue weighted by Crippen LogP contribution is 2.30. The van der Waals surface area contributed by atoms with Crippen molar-refractivity contribution in [3.8, 4) is 22.6 Å². The number of hydrogen-bond acceptors (Lipinski definition) is 4. The number of benzene rings is 2. The molecule has 0 radical (unpaired) electrons. The molecule has 0 N–H and O–H groups in total. The summed E-state index contributed by atoms with van der Waals surface area (Å²) in [6, 6.07) is 21.1. The van der Waals surface area contributed by atoms with Gasteiger partial charge in [0.1, 0.15) is 23.5 Å². The maximum Gasteiger partial charge on any atom is 0.231 e. The number of carbonyl (C=O) groups excluding carboxylic acids is 1. The van der Waals surface area contributed by atoms with Crippen molar-refractivity contribution in [3.05, 3.63) is 96.8 Å². The highest BCUT2D eigenvalue weighted by molar-refractivity contribution is 6.06. The average molecular weight is 355 g/mol. The standard InChI is InChI=1S/C22H17N3O2/c1-27-21-11-3-2-9-18(21)16-7-6-8-17(13-16)25-14-20(24-15-25)22(26)19-10-4-5-12-23-19/h2-15H,1H3. The van der Waals surface area contributed by atoms with Crippen LogP contribution in [0.1, 0.15) is 16.2 Å². The van der Waals surface area contributed by atoms with Gasteiger partial charge in [0, 0.05) is 23.6 Å². The smallest absolute Gasteiger partial charge is 0.231 e. The first-order valence-electron chi connectivity index (χ1n) is 8.50. The normalized spacial score (nSPS) is 10.6. The molecule has 0 spiro atoms. The van der Waals surface area contributed by atoms with E-state index in [0.717, 1.165) is 22.6 Å². The minimum absolute atomic E-state index is 0.199. The van der Waals surface area contributed by atoms with Crippen LogP contribution in [0.4, 0.5) is 0 Å². The Morgan fingerprint density at radius 1 is 0.926 bits per heavy atom. The zero-order valence-electron chi connectivity index (χ0n) is 14.7. The van der Waals surface area contributed by atoms with Gasteiger partial charge in [-0.3, -0.25) is 9.78 Å². The molecule has 0 amide bonds. The average Bonchev–Trinajstić information content (AvgIpc) is 3.24. The van der Waals surface area contributed by atoms with E-state index < -0.39 is 0 Å². The number of pyridine rings is 1. The summed E-state index contributed by atoms with van der Waals surface area (Å²) in [5.74, 6) is 0.613. The Balaban J connectivity index is 1.67. The van der Waals surface area contributed by atoms with Gasteiger partial charge in [0.25, 0.3) is 0 Å². The molecule has 0 bridgehead atoms. The fourth-order valence-corrected chi connectivity index (χ4v) is 2.93. The van der Waals surface area contributed by atoms with Gasteiger partial charge in [-0.15, -0.1) is 0 Å². The molecule has 0 saturated heterocycles. The molecule has 4 aromatic rings. The SMILES string of the molecule is COc1ccccc1-c1cccc(-n2cnc(C(=O)c3ccccn3)c2)c1. The Hall–Kier alpha value is -3.73. The zero-order valence-corrected chi connectivity index (χ0v) is 14.7. The second kappa shape index (κ2) is 7.25. The molecule has 0 atom stereocenters. The third kappa shape index (κ3) is 3.35. The number of ketones is 1. The second-order valence-electron chi connectivity index (χ2n) is 5.96. The molecule has 5 heteroatoms. The van der Waals surface area contributed by atoms with Crippen LogP contribution in [0.5, 0.6) is 5.75 Å². The molecule has 0 fully saturated rings. The monoisotopic (exact) mass is 355 g/mol. The molecule has 0 aliphatic heterocycles.